The molecule has 118 valence electrons. The van der Waals surface area contributed by atoms with Gasteiger partial charge >= 0.3 is 0 Å². The molecule has 0 spiro atoms. The van der Waals surface area contributed by atoms with Gasteiger partial charge in [0.05, 0.1) is 19.4 Å². The Balaban J connectivity index is 2.24. The van der Waals surface area contributed by atoms with E-state index in [9.17, 15) is 4.79 Å². The molecule has 0 saturated heterocycles. The molecule has 6 heteroatoms. The minimum absolute atomic E-state index is 0.0952. The normalized spacial score (nSPS) is 10.7. The summed E-state index contributed by atoms with van der Waals surface area (Å²) >= 11 is 0. The van der Waals surface area contributed by atoms with Gasteiger partial charge in [0.1, 0.15) is 5.75 Å². The molecule has 2 rings (SSSR count). The summed E-state index contributed by atoms with van der Waals surface area (Å²) in [4.78, 5) is 12.1. The fourth-order valence-corrected chi connectivity index (χ4v) is 2.10. The molecule has 0 amide bonds. The number of nitrogens with zero attached hydrogens (tertiary/aromatic N) is 2. The molecule has 1 aromatic heterocycles. The maximum atomic E-state index is 12.1. The lowest BCUT2D eigenvalue weighted by Crippen LogP contribution is -2.28. The minimum atomic E-state index is -0.0952. The Morgan fingerprint density at radius 3 is 2.59 bits per heavy atom. The summed E-state index contributed by atoms with van der Waals surface area (Å²) in [6.45, 7) is 1.79. The maximum absolute atomic E-state index is 12.1. The molecule has 1 N–H and O–H groups in total. The Kier molecular flexibility index (Phi) is 5.68. The van der Waals surface area contributed by atoms with Crippen molar-refractivity contribution in [2.45, 2.75) is 6.54 Å². The number of rotatable bonds is 7. The van der Waals surface area contributed by atoms with E-state index in [1.165, 1.54) is 4.68 Å². The molecule has 0 radical (unpaired) electrons. The van der Waals surface area contributed by atoms with Crippen molar-refractivity contribution < 1.29 is 9.47 Å². The van der Waals surface area contributed by atoms with E-state index in [0.717, 1.165) is 17.0 Å². The van der Waals surface area contributed by atoms with Gasteiger partial charge < -0.3 is 14.8 Å². The summed E-state index contributed by atoms with van der Waals surface area (Å²) in [7, 11) is 4.94. The third-order valence-corrected chi connectivity index (χ3v) is 3.32. The molecule has 1 heterocycles. The number of aromatic nitrogens is 2. The van der Waals surface area contributed by atoms with E-state index in [4.69, 9.17) is 9.47 Å². The van der Waals surface area contributed by atoms with Crippen molar-refractivity contribution >= 4 is 0 Å². The van der Waals surface area contributed by atoms with E-state index in [1.807, 2.05) is 30.3 Å². The van der Waals surface area contributed by atoms with Gasteiger partial charge in [-0.3, -0.25) is 4.79 Å². The van der Waals surface area contributed by atoms with Crippen molar-refractivity contribution in [3.63, 3.8) is 0 Å². The second-order valence-corrected chi connectivity index (χ2v) is 4.88. The molecular weight excluding hydrogens is 282 g/mol. The fraction of sp³-hybridized carbons (Fsp3) is 0.375. The third-order valence-electron chi connectivity index (χ3n) is 3.32. The van der Waals surface area contributed by atoms with Crippen LogP contribution in [0.25, 0.3) is 11.3 Å². The van der Waals surface area contributed by atoms with Gasteiger partial charge in [-0.05, 0) is 30.3 Å². The summed E-state index contributed by atoms with van der Waals surface area (Å²) in [6.07, 6.45) is 0. The molecule has 6 nitrogen and oxygen atoms in total. The Bertz CT molecular complexity index is 665. The first-order chi connectivity index (χ1) is 10.7. The highest BCUT2D eigenvalue weighted by Gasteiger charge is 2.08. The molecule has 0 unspecified atom stereocenters. The minimum Gasteiger partial charge on any atom is -0.497 e. The van der Waals surface area contributed by atoms with Crippen LogP contribution in [0.15, 0.2) is 35.1 Å². The van der Waals surface area contributed by atoms with Crippen LogP contribution in [-0.2, 0) is 18.3 Å². The van der Waals surface area contributed by atoms with Crippen molar-refractivity contribution in [3.05, 3.63) is 46.2 Å². The molecular formula is C16H21N3O3. The lowest BCUT2D eigenvalue weighted by atomic mass is 10.1. The van der Waals surface area contributed by atoms with Crippen LogP contribution in [0.4, 0.5) is 0 Å². The van der Waals surface area contributed by atoms with Gasteiger partial charge in [-0.15, -0.1) is 0 Å². The molecule has 1 aromatic carbocycles. The molecule has 0 atom stereocenters. The SMILES string of the molecule is COCCNCc1cc(-c2ccc(OC)cc2)nn(C)c1=O. The fourth-order valence-electron chi connectivity index (χ4n) is 2.10. The van der Waals surface area contributed by atoms with Gasteiger partial charge in [0.15, 0.2) is 0 Å². The van der Waals surface area contributed by atoms with E-state index >= 15 is 0 Å². The molecule has 0 saturated carbocycles. The molecule has 0 fully saturated rings. The average Bonchev–Trinajstić information content (AvgIpc) is 2.55. The van der Waals surface area contributed by atoms with Crippen LogP contribution in [0.3, 0.4) is 0 Å². The second-order valence-electron chi connectivity index (χ2n) is 4.88. The zero-order valence-electron chi connectivity index (χ0n) is 13.1. The van der Waals surface area contributed by atoms with Crippen LogP contribution in [0.1, 0.15) is 5.56 Å². The number of hydrogen-bond acceptors (Lipinski definition) is 5. The molecule has 0 aliphatic heterocycles. The molecule has 22 heavy (non-hydrogen) atoms. The summed E-state index contributed by atoms with van der Waals surface area (Å²) in [5.74, 6) is 0.787. The largest absolute Gasteiger partial charge is 0.497 e. The van der Waals surface area contributed by atoms with Crippen LogP contribution in [0.2, 0.25) is 0 Å². The summed E-state index contributed by atoms with van der Waals surface area (Å²) in [5.41, 5.74) is 2.28. The van der Waals surface area contributed by atoms with Gasteiger partial charge in [0.2, 0.25) is 0 Å². The van der Waals surface area contributed by atoms with E-state index in [1.54, 1.807) is 21.3 Å². The van der Waals surface area contributed by atoms with Crippen LogP contribution in [-0.4, -0.2) is 37.2 Å². The highest BCUT2D eigenvalue weighted by Crippen LogP contribution is 2.20. The van der Waals surface area contributed by atoms with E-state index in [2.05, 4.69) is 10.4 Å². The number of methoxy groups -OCH3 is 2. The first-order valence-corrected chi connectivity index (χ1v) is 7.07. The molecule has 0 aliphatic carbocycles. The first-order valence-electron chi connectivity index (χ1n) is 7.07. The van der Waals surface area contributed by atoms with Crippen molar-refractivity contribution in [1.29, 1.82) is 0 Å². The van der Waals surface area contributed by atoms with Crippen molar-refractivity contribution in [2.75, 3.05) is 27.4 Å². The standard InChI is InChI=1S/C16H21N3O3/c1-19-16(20)13(11-17-8-9-21-2)10-15(18-19)12-4-6-14(22-3)7-5-12/h4-7,10,17H,8-9,11H2,1-3H3. The van der Waals surface area contributed by atoms with Gasteiger partial charge in [-0.25, -0.2) is 4.68 Å². The zero-order chi connectivity index (χ0) is 15.9. The number of aryl methyl sites for hydroxylation is 1. The number of benzene rings is 1. The number of ether oxygens (including phenoxy) is 2. The Labute approximate surface area is 129 Å². The molecule has 0 aliphatic rings. The maximum Gasteiger partial charge on any atom is 0.271 e. The van der Waals surface area contributed by atoms with Crippen molar-refractivity contribution in [3.8, 4) is 17.0 Å². The van der Waals surface area contributed by atoms with Gasteiger partial charge in [-0.2, -0.15) is 5.10 Å². The Hall–Kier alpha value is -2.18. The highest BCUT2D eigenvalue weighted by atomic mass is 16.5. The summed E-state index contributed by atoms with van der Waals surface area (Å²) < 4.78 is 11.5. The monoisotopic (exact) mass is 303 g/mol. The average molecular weight is 303 g/mol. The van der Waals surface area contributed by atoms with E-state index < -0.39 is 0 Å². The van der Waals surface area contributed by atoms with Gasteiger partial charge in [-0.1, -0.05) is 0 Å². The smallest absolute Gasteiger partial charge is 0.271 e. The van der Waals surface area contributed by atoms with Crippen LogP contribution < -0.4 is 15.6 Å². The first kappa shape index (κ1) is 16.2. The summed E-state index contributed by atoms with van der Waals surface area (Å²) in [6, 6.07) is 9.42. The quantitative estimate of drug-likeness (QED) is 0.778. The van der Waals surface area contributed by atoms with Crippen LogP contribution >= 0.6 is 0 Å². The van der Waals surface area contributed by atoms with E-state index in [0.29, 0.717) is 25.3 Å². The van der Waals surface area contributed by atoms with Gasteiger partial charge in [0, 0.05) is 38.4 Å². The lowest BCUT2D eigenvalue weighted by molar-refractivity contribution is 0.199. The predicted octanol–water partition coefficient (Wildman–Crippen LogP) is 1.19. The number of hydrogen-bond donors (Lipinski definition) is 1. The van der Waals surface area contributed by atoms with Crippen LogP contribution in [0.5, 0.6) is 5.75 Å². The molecule has 2 aromatic rings. The second kappa shape index (κ2) is 7.72. The van der Waals surface area contributed by atoms with E-state index in [-0.39, 0.29) is 5.56 Å². The van der Waals surface area contributed by atoms with Crippen molar-refractivity contribution in [2.24, 2.45) is 7.05 Å². The predicted molar refractivity (Wildman–Crippen MR) is 85.0 cm³/mol. The number of nitrogens with one attached hydrogen (secondary N) is 1. The van der Waals surface area contributed by atoms with Gasteiger partial charge in [0.25, 0.3) is 5.56 Å². The van der Waals surface area contributed by atoms with Crippen molar-refractivity contribution in [1.82, 2.24) is 15.1 Å². The lowest BCUT2D eigenvalue weighted by Gasteiger charge is -2.09. The Morgan fingerprint density at radius 2 is 1.95 bits per heavy atom. The Morgan fingerprint density at radius 1 is 1.23 bits per heavy atom. The van der Waals surface area contributed by atoms with Crippen LogP contribution in [0, 0.1) is 0 Å². The zero-order valence-corrected chi connectivity index (χ0v) is 13.1. The summed E-state index contributed by atoms with van der Waals surface area (Å²) in [5, 5.41) is 7.50. The third kappa shape index (κ3) is 3.93. The molecule has 0 bridgehead atoms. The topological polar surface area (TPSA) is 65.4 Å². The highest BCUT2D eigenvalue weighted by molar-refractivity contribution is 5.60.